The minimum atomic E-state index is -3.48. The third-order valence-electron chi connectivity index (χ3n) is 3.01. The second kappa shape index (κ2) is 5.17. The third-order valence-corrected chi connectivity index (χ3v) is 4.83. The van der Waals surface area contributed by atoms with Crippen LogP contribution in [0.25, 0.3) is 0 Å². The van der Waals surface area contributed by atoms with Crippen LogP contribution < -0.4 is 11.3 Å². The molecule has 0 aliphatic carbocycles. The molecule has 2 rings (SSSR count). The Balaban J connectivity index is 2.23. The van der Waals surface area contributed by atoms with E-state index in [2.05, 4.69) is 22.3 Å². The molecule has 0 bridgehead atoms. The monoisotopic (exact) mass is 271 g/mol. The van der Waals surface area contributed by atoms with Gasteiger partial charge in [0.1, 0.15) is 4.90 Å². The first-order valence-corrected chi connectivity index (χ1v) is 7.27. The van der Waals surface area contributed by atoms with Crippen molar-refractivity contribution in [3.63, 3.8) is 0 Å². The van der Waals surface area contributed by atoms with Crippen molar-refractivity contribution >= 4 is 16.0 Å². The van der Waals surface area contributed by atoms with Gasteiger partial charge in [-0.3, -0.25) is 5.43 Å². The van der Waals surface area contributed by atoms with Crippen LogP contribution in [0.2, 0.25) is 0 Å². The van der Waals surface area contributed by atoms with Gasteiger partial charge in [-0.1, -0.05) is 6.92 Å². The van der Waals surface area contributed by atoms with Gasteiger partial charge < -0.3 is 0 Å². The number of nitrogens with two attached hydrogens (primary N) is 1. The van der Waals surface area contributed by atoms with Crippen molar-refractivity contribution in [2.75, 3.05) is 18.5 Å². The number of piperidine rings is 1. The van der Waals surface area contributed by atoms with Crippen LogP contribution in [0, 0.1) is 5.92 Å². The summed E-state index contributed by atoms with van der Waals surface area (Å²) in [6, 6.07) is 0. The maximum atomic E-state index is 12.3. The van der Waals surface area contributed by atoms with Crippen LogP contribution in [-0.4, -0.2) is 35.8 Å². The molecule has 1 aliphatic rings. The Kier molecular flexibility index (Phi) is 3.79. The molecule has 0 amide bonds. The molecule has 1 aromatic heterocycles. The molecule has 1 unspecified atom stereocenters. The highest BCUT2D eigenvalue weighted by molar-refractivity contribution is 7.89. The SMILES string of the molecule is CC1CCCN(S(=O)(=O)c2cnc(NN)nc2)C1. The smallest absolute Gasteiger partial charge is 0.246 e. The number of sulfonamides is 1. The summed E-state index contributed by atoms with van der Waals surface area (Å²) in [5.74, 6) is 5.72. The molecule has 2 heterocycles. The number of hydrogen-bond donors (Lipinski definition) is 2. The van der Waals surface area contributed by atoms with Gasteiger partial charge in [-0.25, -0.2) is 24.2 Å². The molecule has 0 saturated carbocycles. The molecule has 1 aliphatic heterocycles. The molecular formula is C10H17N5O2S. The molecule has 100 valence electrons. The lowest BCUT2D eigenvalue weighted by Gasteiger charge is -2.29. The molecule has 3 N–H and O–H groups in total. The van der Waals surface area contributed by atoms with Gasteiger partial charge in [0.2, 0.25) is 16.0 Å². The Hall–Kier alpha value is -1.25. The zero-order valence-corrected chi connectivity index (χ0v) is 11.0. The molecule has 1 aromatic rings. The number of rotatable bonds is 3. The predicted molar refractivity (Wildman–Crippen MR) is 67.0 cm³/mol. The zero-order valence-electron chi connectivity index (χ0n) is 10.2. The summed E-state index contributed by atoms with van der Waals surface area (Å²) in [5, 5.41) is 0. The molecule has 18 heavy (non-hydrogen) atoms. The summed E-state index contributed by atoms with van der Waals surface area (Å²) in [6.07, 6.45) is 4.51. The van der Waals surface area contributed by atoms with Gasteiger partial charge in [-0.15, -0.1) is 0 Å². The fourth-order valence-electron chi connectivity index (χ4n) is 2.04. The lowest BCUT2D eigenvalue weighted by Crippen LogP contribution is -2.39. The van der Waals surface area contributed by atoms with Crippen molar-refractivity contribution in [1.82, 2.24) is 14.3 Å². The number of aromatic nitrogens is 2. The first kappa shape index (κ1) is 13.2. The van der Waals surface area contributed by atoms with E-state index in [0.29, 0.717) is 19.0 Å². The highest BCUT2D eigenvalue weighted by Gasteiger charge is 2.29. The Bertz CT molecular complexity index is 502. The van der Waals surface area contributed by atoms with Crippen molar-refractivity contribution in [3.8, 4) is 0 Å². The van der Waals surface area contributed by atoms with E-state index in [9.17, 15) is 8.42 Å². The standard InChI is InChI=1S/C10H17N5O2S/c1-8-3-2-4-15(7-8)18(16,17)9-5-12-10(14-11)13-6-9/h5-6,8H,2-4,7,11H2,1H3,(H,12,13,14). The van der Waals surface area contributed by atoms with Gasteiger partial charge in [0, 0.05) is 13.1 Å². The van der Waals surface area contributed by atoms with Crippen LogP contribution in [0.4, 0.5) is 5.95 Å². The molecule has 1 saturated heterocycles. The molecule has 1 fully saturated rings. The van der Waals surface area contributed by atoms with E-state index >= 15 is 0 Å². The molecule has 8 heteroatoms. The molecule has 0 aromatic carbocycles. The Morgan fingerprint density at radius 1 is 1.44 bits per heavy atom. The molecular weight excluding hydrogens is 254 g/mol. The normalized spacial score (nSPS) is 21.8. The fraction of sp³-hybridized carbons (Fsp3) is 0.600. The molecule has 7 nitrogen and oxygen atoms in total. The average Bonchev–Trinajstić information content (AvgIpc) is 2.39. The Morgan fingerprint density at radius 3 is 2.67 bits per heavy atom. The molecule has 1 atom stereocenters. The number of anilines is 1. The van der Waals surface area contributed by atoms with E-state index in [1.54, 1.807) is 0 Å². The van der Waals surface area contributed by atoms with Gasteiger partial charge in [-0.05, 0) is 18.8 Å². The zero-order chi connectivity index (χ0) is 13.2. The summed E-state index contributed by atoms with van der Waals surface area (Å²) in [7, 11) is -3.48. The van der Waals surface area contributed by atoms with Gasteiger partial charge >= 0.3 is 0 Å². The van der Waals surface area contributed by atoms with Crippen molar-refractivity contribution in [1.29, 1.82) is 0 Å². The summed E-state index contributed by atoms with van der Waals surface area (Å²) >= 11 is 0. The van der Waals surface area contributed by atoms with Gasteiger partial charge in [0.15, 0.2) is 0 Å². The van der Waals surface area contributed by atoms with E-state index in [-0.39, 0.29) is 10.8 Å². The minimum Gasteiger partial charge on any atom is -0.292 e. The average molecular weight is 271 g/mol. The molecule has 0 spiro atoms. The van der Waals surface area contributed by atoms with Crippen LogP contribution in [0.3, 0.4) is 0 Å². The largest absolute Gasteiger partial charge is 0.292 e. The van der Waals surface area contributed by atoms with Crippen LogP contribution in [0.15, 0.2) is 17.3 Å². The first-order valence-electron chi connectivity index (χ1n) is 5.83. The Morgan fingerprint density at radius 2 is 2.11 bits per heavy atom. The summed E-state index contributed by atoms with van der Waals surface area (Å²) in [4.78, 5) is 7.76. The topological polar surface area (TPSA) is 101 Å². The minimum absolute atomic E-state index is 0.107. The van der Waals surface area contributed by atoms with Crippen LogP contribution >= 0.6 is 0 Å². The second-order valence-corrected chi connectivity index (χ2v) is 6.44. The highest BCUT2D eigenvalue weighted by Crippen LogP contribution is 2.22. The van der Waals surface area contributed by atoms with Gasteiger partial charge in [0.25, 0.3) is 0 Å². The van der Waals surface area contributed by atoms with Crippen LogP contribution in [0.5, 0.6) is 0 Å². The number of nitrogen functional groups attached to an aromatic ring is 1. The third kappa shape index (κ3) is 2.60. The van der Waals surface area contributed by atoms with Crippen molar-refractivity contribution in [3.05, 3.63) is 12.4 Å². The van der Waals surface area contributed by atoms with Gasteiger partial charge in [-0.2, -0.15) is 4.31 Å². The van der Waals surface area contributed by atoms with Gasteiger partial charge in [0.05, 0.1) is 12.4 Å². The van der Waals surface area contributed by atoms with E-state index in [1.165, 1.54) is 16.7 Å². The van der Waals surface area contributed by atoms with E-state index in [1.807, 2.05) is 0 Å². The van der Waals surface area contributed by atoms with Crippen molar-refractivity contribution < 1.29 is 8.42 Å². The maximum Gasteiger partial charge on any atom is 0.246 e. The fourth-order valence-corrected chi connectivity index (χ4v) is 3.53. The Labute approximate surface area is 106 Å². The van der Waals surface area contributed by atoms with E-state index < -0.39 is 10.0 Å². The number of hydrazine groups is 1. The van der Waals surface area contributed by atoms with Crippen molar-refractivity contribution in [2.24, 2.45) is 11.8 Å². The number of nitrogens with zero attached hydrogens (tertiary/aromatic N) is 3. The quantitative estimate of drug-likeness (QED) is 0.601. The predicted octanol–water partition coefficient (Wildman–Crippen LogP) is 0.183. The lowest BCUT2D eigenvalue weighted by atomic mass is 10.0. The van der Waals surface area contributed by atoms with E-state index in [4.69, 9.17) is 5.84 Å². The molecule has 0 radical (unpaired) electrons. The van der Waals surface area contributed by atoms with E-state index in [0.717, 1.165) is 12.8 Å². The first-order chi connectivity index (χ1) is 8.54. The van der Waals surface area contributed by atoms with Crippen molar-refractivity contribution in [2.45, 2.75) is 24.7 Å². The summed E-state index contributed by atoms with van der Waals surface area (Å²) in [6.45, 7) is 3.17. The summed E-state index contributed by atoms with van der Waals surface area (Å²) in [5.41, 5.74) is 2.26. The second-order valence-electron chi connectivity index (χ2n) is 4.50. The maximum absolute atomic E-state index is 12.3. The highest BCUT2D eigenvalue weighted by atomic mass is 32.2. The number of hydrogen-bond acceptors (Lipinski definition) is 6. The van der Waals surface area contributed by atoms with Crippen LogP contribution in [-0.2, 0) is 10.0 Å². The lowest BCUT2D eigenvalue weighted by molar-refractivity contribution is 0.281. The summed E-state index contributed by atoms with van der Waals surface area (Å²) < 4.78 is 26.1. The van der Waals surface area contributed by atoms with Crippen LogP contribution in [0.1, 0.15) is 19.8 Å². The number of nitrogens with one attached hydrogen (secondary N) is 1.